The molecule has 0 aliphatic rings. The van der Waals surface area contributed by atoms with Crippen molar-refractivity contribution in [3.05, 3.63) is 57.6 Å². The van der Waals surface area contributed by atoms with Crippen LogP contribution in [0.25, 0.3) is 0 Å². The van der Waals surface area contributed by atoms with E-state index >= 15 is 0 Å². The molecule has 98 valence electrons. The molecule has 0 aliphatic carbocycles. The average Bonchev–Trinajstić information content (AvgIpc) is 2.32. The van der Waals surface area contributed by atoms with Gasteiger partial charge in [-0.25, -0.2) is 0 Å². The van der Waals surface area contributed by atoms with Gasteiger partial charge in [-0.3, -0.25) is 10.1 Å². The first-order chi connectivity index (χ1) is 8.99. The van der Waals surface area contributed by atoms with Crippen molar-refractivity contribution >= 4 is 11.4 Å². The van der Waals surface area contributed by atoms with Crippen molar-refractivity contribution in [2.75, 3.05) is 5.73 Å². The Morgan fingerprint density at radius 3 is 2.47 bits per heavy atom. The molecule has 2 rings (SSSR count). The Morgan fingerprint density at radius 1 is 1.11 bits per heavy atom. The van der Waals surface area contributed by atoms with Crippen molar-refractivity contribution in [2.45, 2.75) is 13.8 Å². The van der Waals surface area contributed by atoms with Gasteiger partial charge in [0.15, 0.2) is 0 Å². The highest BCUT2D eigenvalue weighted by Gasteiger charge is 2.19. The van der Waals surface area contributed by atoms with Gasteiger partial charge in [-0.1, -0.05) is 12.1 Å². The molecule has 0 aromatic heterocycles. The zero-order chi connectivity index (χ0) is 14.0. The van der Waals surface area contributed by atoms with E-state index in [9.17, 15) is 10.1 Å². The lowest BCUT2D eigenvalue weighted by Crippen LogP contribution is -1.97. The van der Waals surface area contributed by atoms with Gasteiger partial charge >= 0.3 is 5.69 Å². The highest BCUT2D eigenvalue weighted by atomic mass is 16.6. The number of nitrogen functional groups attached to an aromatic ring is 1. The fourth-order valence-electron chi connectivity index (χ4n) is 1.85. The minimum Gasteiger partial charge on any atom is -0.450 e. The highest BCUT2D eigenvalue weighted by Crippen LogP contribution is 2.35. The molecule has 0 unspecified atom stereocenters. The van der Waals surface area contributed by atoms with Crippen LogP contribution in [-0.2, 0) is 0 Å². The average molecular weight is 258 g/mol. The molecule has 0 fully saturated rings. The number of hydrogen-bond donors (Lipinski definition) is 1. The largest absolute Gasteiger partial charge is 0.450 e. The summed E-state index contributed by atoms with van der Waals surface area (Å²) in [6, 6.07) is 10.2. The lowest BCUT2D eigenvalue weighted by atomic mass is 10.1. The Kier molecular flexibility index (Phi) is 3.37. The predicted molar refractivity (Wildman–Crippen MR) is 73.5 cm³/mol. The third-order valence-corrected chi connectivity index (χ3v) is 2.80. The highest BCUT2D eigenvalue weighted by molar-refractivity contribution is 5.55. The fraction of sp³-hybridized carbons (Fsp3) is 0.143. The number of anilines is 1. The SMILES string of the molecule is Cc1cc(N)ccc1Oc1cccc(C)c1[N+](=O)[O-]. The summed E-state index contributed by atoms with van der Waals surface area (Å²) in [5.41, 5.74) is 7.67. The van der Waals surface area contributed by atoms with Crippen molar-refractivity contribution in [3.8, 4) is 11.5 Å². The van der Waals surface area contributed by atoms with Gasteiger partial charge in [0, 0.05) is 11.3 Å². The number of benzene rings is 2. The Labute approximate surface area is 110 Å². The van der Waals surface area contributed by atoms with E-state index in [1.165, 1.54) is 0 Å². The first kappa shape index (κ1) is 12.9. The Morgan fingerprint density at radius 2 is 1.84 bits per heavy atom. The van der Waals surface area contributed by atoms with Crippen LogP contribution in [0.1, 0.15) is 11.1 Å². The molecule has 0 heterocycles. The van der Waals surface area contributed by atoms with E-state index in [4.69, 9.17) is 10.5 Å². The van der Waals surface area contributed by atoms with E-state index < -0.39 is 4.92 Å². The minimum absolute atomic E-state index is 0.0151. The summed E-state index contributed by atoms with van der Waals surface area (Å²) in [4.78, 5) is 10.6. The number of nitrogens with two attached hydrogens (primary N) is 1. The van der Waals surface area contributed by atoms with Crippen LogP contribution in [0.5, 0.6) is 11.5 Å². The second-order valence-electron chi connectivity index (χ2n) is 4.31. The second kappa shape index (κ2) is 4.97. The van der Waals surface area contributed by atoms with Crippen molar-refractivity contribution in [1.82, 2.24) is 0 Å². The van der Waals surface area contributed by atoms with Crippen LogP contribution in [0, 0.1) is 24.0 Å². The van der Waals surface area contributed by atoms with Crippen molar-refractivity contribution in [1.29, 1.82) is 0 Å². The fourth-order valence-corrected chi connectivity index (χ4v) is 1.85. The molecule has 0 saturated carbocycles. The number of aryl methyl sites for hydroxylation is 2. The zero-order valence-electron chi connectivity index (χ0n) is 10.7. The molecular weight excluding hydrogens is 244 g/mol. The standard InChI is InChI=1S/C14H14N2O3/c1-9-4-3-5-13(14(9)16(17)18)19-12-7-6-11(15)8-10(12)2/h3-8H,15H2,1-2H3. The first-order valence-corrected chi connectivity index (χ1v) is 5.77. The van der Waals surface area contributed by atoms with E-state index in [0.717, 1.165) is 5.56 Å². The molecule has 2 aromatic rings. The molecular formula is C14H14N2O3. The van der Waals surface area contributed by atoms with E-state index in [2.05, 4.69) is 0 Å². The summed E-state index contributed by atoms with van der Waals surface area (Å²) < 4.78 is 5.64. The summed E-state index contributed by atoms with van der Waals surface area (Å²) in [6.45, 7) is 3.52. The van der Waals surface area contributed by atoms with Crippen LogP contribution in [0.3, 0.4) is 0 Å². The molecule has 0 amide bonds. The number of rotatable bonds is 3. The molecule has 2 aromatic carbocycles. The monoisotopic (exact) mass is 258 g/mol. The molecule has 0 atom stereocenters. The van der Waals surface area contributed by atoms with Gasteiger partial charge in [-0.05, 0) is 43.7 Å². The molecule has 2 N–H and O–H groups in total. The quantitative estimate of drug-likeness (QED) is 0.518. The smallest absolute Gasteiger partial charge is 0.314 e. The topological polar surface area (TPSA) is 78.4 Å². The molecule has 0 radical (unpaired) electrons. The maximum atomic E-state index is 11.1. The second-order valence-corrected chi connectivity index (χ2v) is 4.31. The van der Waals surface area contributed by atoms with Gasteiger partial charge in [0.05, 0.1) is 4.92 Å². The molecule has 0 bridgehead atoms. The van der Waals surface area contributed by atoms with Crippen molar-refractivity contribution in [3.63, 3.8) is 0 Å². The third-order valence-electron chi connectivity index (χ3n) is 2.80. The predicted octanol–water partition coefficient (Wildman–Crippen LogP) is 3.59. The van der Waals surface area contributed by atoms with E-state index in [1.807, 2.05) is 6.92 Å². The summed E-state index contributed by atoms with van der Waals surface area (Å²) in [5, 5.41) is 11.1. The van der Waals surface area contributed by atoms with E-state index in [0.29, 0.717) is 17.0 Å². The first-order valence-electron chi connectivity index (χ1n) is 5.77. The number of nitro groups is 1. The molecule has 19 heavy (non-hydrogen) atoms. The van der Waals surface area contributed by atoms with Crippen LogP contribution in [0.15, 0.2) is 36.4 Å². The zero-order valence-corrected chi connectivity index (χ0v) is 10.7. The minimum atomic E-state index is -0.433. The van der Waals surface area contributed by atoms with Gasteiger partial charge < -0.3 is 10.5 Å². The summed E-state index contributed by atoms with van der Waals surface area (Å²) >= 11 is 0. The summed E-state index contributed by atoms with van der Waals surface area (Å²) in [6.07, 6.45) is 0. The van der Waals surface area contributed by atoms with Crippen molar-refractivity contribution < 1.29 is 9.66 Å². The van der Waals surface area contributed by atoms with Gasteiger partial charge in [-0.2, -0.15) is 0 Å². The number of ether oxygens (including phenoxy) is 1. The molecule has 0 aliphatic heterocycles. The maximum absolute atomic E-state index is 11.1. The Balaban J connectivity index is 2.44. The van der Waals surface area contributed by atoms with Gasteiger partial charge in [0.2, 0.25) is 5.75 Å². The lowest BCUT2D eigenvalue weighted by Gasteiger charge is -2.10. The number of nitro benzene ring substituents is 1. The summed E-state index contributed by atoms with van der Waals surface area (Å²) in [7, 11) is 0. The number of hydrogen-bond acceptors (Lipinski definition) is 4. The van der Waals surface area contributed by atoms with Crippen molar-refractivity contribution in [2.24, 2.45) is 0 Å². The van der Waals surface area contributed by atoms with Crippen LogP contribution >= 0.6 is 0 Å². The van der Waals surface area contributed by atoms with E-state index in [1.54, 1.807) is 43.3 Å². The molecule has 5 heteroatoms. The summed E-state index contributed by atoms with van der Waals surface area (Å²) in [5.74, 6) is 0.792. The van der Waals surface area contributed by atoms with Crippen LogP contribution < -0.4 is 10.5 Å². The molecule has 0 spiro atoms. The maximum Gasteiger partial charge on any atom is 0.314 e. The van der Waals surface area contributed by atoms with Gasteiger partial charge in [0.25, 0.3) is 0 Å². The van der Waals surface area contributed by atoms with E-state index in [-0.39, 0.29) is 11.4 Å². The Hall–Kier alpha value is -2.56. The third kappa shape index (κ3) is 2.65. The van der Waals surface area contributed by atoms with Crippen LogP contribution in [0.4, 0.5) is 11.4 Å². The van der Waals surface area contributed by atoms with Gasteiger partial charge in [-0.15, -0.1) is 0 Å². The molecule has 0 saturated heterocycles. The lowest BCUT2D eigenvalue weighted by molar-refractivity contribution is -0.386. The Bertz CT molecular complexity index is 639. The van der Waals surface area contributed by atoms with Crippen LogP contribution in [0.2, 0.25) is 0 Å². The molecule has 5 nitrogen and oxygen atoms in total. The normalized spacial score (nSPS) is 10.2. The number of para-hydroxylation sites is 1. The van der Waals surface area contributed by atoms with Gasteiger partial charge in [0.1, 0.15) is 5.75 Å². The number of nitrogens with zero attached hydrogens (tertiary/aromatic N) is 1. The van der Waals surface area contributed by atoms with Crippen LogP contribution in [-0.4, -0.2) is 4.92 Å².